The summed E-state index contributed by atoms with van der Waals surface area (Å²) >= 11 is 0. The number of rotatable bonds is 3. The fraction of sp³-hybridized carbons (Fsp3) is 0.833. The number of unbranched alkanes of at least 4 members (excludes halogenated alkanes) is 3. The van der Waals surface area contributed by atoms with Crippen LogP contribution in [0.25, 0.3) is 0 Å². The number of aliphatic hydroxyl groups excluding tert-OH is 1. The molecule has 0 aliphatic heterocycles. The minimum absolute atomic E-state index is 0.113. The van der Waals surface area contributed by atoms with Gasteiger partial charge in [0.2, 0.25) is 0 Å². The molecule has 0 aromatic heterocycles. The topological polar surface area (TPSA) is 20.2 Å². The Balaban J connectivity index is 3.70. The number of hydrogen-bond acceptors (Lipinski definition) is 1. The molecule has 0 radical (unpaired) electrons. The summed E-state index contributed by atoms with van der Waals surface area (Å²) in [5, 5.41) is 9.57. The van der Waals surface area contributed by atoms with E-state index in [1.807, 2.05) is 20.8 Å². The van der Waals surface area contributed by atoms with Crippen molar-refractivity contribution in [1.82, 2.24) is 0 Å². The second-order valence-electron chi connectivity index (χ2n) is 4.55. The minimum atomic E-state index is -0.492. The first kappa shape index (κ1) is 12.5. The molecule has 0 aromatic carbocycles. The van der Waals surface area contributed by atoms with Crippen LogP contribution in [0.1, 0.15) is 53.4 Å². The average molecular weight is 182 g/mol. The Labute approximate surface area is 82.5 Å². The highest BCUT2D eigenvalue weighted by Gasteiger charge is 2.19. The standard InChI is InChI=1S/C12H22O/c1-5-6-7-8-9-10-11(13)12(2,3)4/h11,13H,5-8H2,1-4H3. The normalized spacial score (nSPS) is 13.3. The Morgan fingerprint density at radius 1 is 1.23 bits per heavy atom. The van der Waals surface area contributed by atoms with E-state index >= 15 is 0 Å². The van der Waals surface area contributed by atoms with Gasteiger partial charge in [0.1, 0.15) is 6.10 Å². The van der Waals surface area contributed by atoms with E-state index in [2.05, 4.69) is 18.8 Å². The summed E-state index contributed by atoms with van der Waals surface area (Å²) in [6, 6.07) is 0. The quantitative estimate of drug-likeness (QED) is 0.525. The lowest BCUT2D eigenvalue weighted by molar-refractivity contribution is 0.114. The largest absolute Gasteiger partial charge is 0.380 e. The predicted octanol–water partition coefficient (Wildman–Crippen LogP) is 2.98. The zero-order valence-corrected chi connectivity index (χ0v) is 9.35. The van der Waals surface area contributed by atoms with Crippen molar-refractivity contribution in [3.63, 3.8) is 0 Å². The van der Waals surface area contributed by atoms with Crippen molar-refractivity contribution in [2.45, 2.75) is 59.5 Å². The Morgan fingerprint density at radius 2 is 1.85 bits per heavy atom. The van der Waals surface area contributed by atoms with E-state index in [1.165, 1.54) is 12.8 Å². The third-order valence-corrected chi connectivity index (χ3v) is 1.96. The maximum atomic E-state index is 9.57. The molecule has 1 N–H and O–H groups in total. The fourth-order valence-electron chi connectivity index (χ4n) is 0.849. The van der Waals surface area contributed by atoms with Crippen molar-refractivity contribution >= 4 is 0 Å². The molecule has 1 heteroatoms. The van der Waals surface area contributed by atoms with Gasteiger partial charge in [0.25, 0.3) is 0 Å². The van der Waals surface area contributed by atoms with Gasteiger partial charge >= 0.3 is 0 Å². The Kier molecular flexibility index (Phi) is 5.82. The maximum Gasteiger partial charge on any atom is 0.119 e. The van der Waals surface area contributed by atoms with Gasteiger partial charge in [-0.3, -0.25) is 0 Å². The van der Waals surface area contributed by atoms with Crippen LogP contribution in [0.5, 0.6) is 0 Å². The van der Waals surface area contributed by atoms with Crippen molar-refractivity contribution < 1.29 is 5.11 Å². The third-order valence-electron chi connectivity index (χ3n) is 1.96. The van der Waals surface area contributed by atoms with Gasteiger partial charge in [0, 0.05) is 6.42 Å². The molecule has 0 aliphatic carbocycles. The van der Waals surface area contributed by atoms with E-state index in [0.29, 0.717) is 0 Å². The molecule has 1 nitrogen and oxygen atoms in total. The molecule has 0 fully saturated rings. The molecule has 0 spiro atoms. The predicted molar refractivity (Wildman–Crippen MR) is 57.4 cm³/mol. The van der Waals surface area contributed by atoms with Crippen LogP contribution in [-0.2, 0) is 0 Å². The molecular weight excluding hydrogens is 160 g/mol. The minimum Gasteiger partial charge on any atom is -0.380 e. The van der Waals surface area contributed by atoms with E-state index in [4.69, 9.17) is 0 Å². The zero-order chi connectivity index (χ0) is 10.3. The van der Waals surface area contributed by atoms with Crippen LogP contribution in [0.4, 0.5) is 0 Å². The highest BCUT2D eigenvalue weighted by molar-refractivity contribution is 5.07. The third kappa shape index (κ3) is 6.66. The van der Waals surface area contributed by atoms with Gasteiger partial charge in [-0.2, -0.15) is 0 Å². The van der Waals surface area contributed by atoms with Gasteiger partial charge in [0.05, 0.1) is 0 Å². The molecule has 76 valence electrons. The molecule has 0 aromatic rings. The van der Waals surface area contributed by atoms with Gasteiger partial charge < -0.3 is 5.11 Å². The molecule has 0 aliphatic rings. The van der Waals surface area contributed by atoms with Crippen molar-refractivity contribution in [2.24, 2.45) is 5.41 Å². The van der Waals surface area contributed by atoms with E-state index in [1.54, 1.807) is 0 Å². The van der Waals surface area contributed by atoms with Gasteiger partial charge in [-0.05, 0) is 11.8 Å². The lowest BCUT2D eigenvalue weighted by Gasteiger charge is -2.20. The average Bonchev–Trinajstić information content (AvgIpc) is 2.02. The second kappa shape index (κ2) is 6.05. The molecule has 1 unspecified atom stereocenters. The first-order valence-corrected chi connectivity index (χ1v) is 5.15. The summed E-state index contributed by atoms with van der Waals surface area (Å²) in [5.74, 6) is 5.91. The second-order valence-corrected chi connectivity index (χ2v) is 4.55. The molecule has 13 heavy (non-hydrogen) atoms. The zero-order valence-electron chi connectivity index (χ0n) is 9.35. The number of hydrogen-bond donors (Lipinski definition) is 1. The maximum absolute atomic E-state index is 9.57. The van der Waals surface area contributed by atoms with Crippen molar-refractivity contribution in [3.8, 4) is 11.8 Å². The summed E-state index contributed by atoms with van der Waals surface area (Å²) in [4.78, 5) is 0. The van der Waals surface area contributed by atoms with Crippen LogP contribution in [0.2, 0.25) is 0 Å². The van der Waals surface area contributed by atoms with Gasteiger partial charge in [-0.25, -0.2) is 0 Å². The smallest absolute Gasteiger partial charge is 0.119 e. The van der Waals surface area contributed by atoms with E-state index in [9.17, 15) is 5.11 Å². The molecule has 0 bridgehead atoms. The Morgan fingerprint density at radius 3 is 2.31 bits per heavy atom. The van der Waals surface area contributed by atoms with Crippen LogP contribution >= 0.6 is 0 Å². The fourth-order valence-corrected chi connectivity index (χ4v) is 0.849. The summed E-state index contributed by atoms with van der Waals surface area (Å²) in [6.07, 6.45) is 4.04. The Bertz CT molecular complexity index is 178. The van der Waals surface area contributed by atoms with Crippen LogP contribution in [0.15, 0.2) is 0 Å². The summed E-state index contributed by atoms with van der Waals surface area (Å²) in [6.45, 7) is 8.17. The first-order chi connectivity index (χ1) is 5.98. The molecule has 0 saturated heterocycles. The van der Waals surface area contributed by atoms with E-state index in [-0.39, 0.29) is 5.41 Å². The Hall–Kier alpha value is -0.480. The lowest BCUT2D eigenvalue weighted by Crippen LogP contribution is -2.23. The highest BCUT2D eigenvalue weighted by atomic mass is 16.3. The summed E-state index contributed by atoms with van der Waals surface area (Å²) in [5.41, 5.74) is -0.113. The van der Waals surface area contributed by atoms with Crippen molar-refractivity contribution in [3.05, 3.63) is 0 Å². The molecule has 1 atom stereocenters. The molecule has 0 amide bonds. The van der Waals surface area contributed by atoms with Crippen molar-refractivity contribution in [2.75, 3.05) is 0 Å². The van der Waals surface area contributed by atoms with Gasteiger partial charge in [0.15, 0.2) is 0 Å². The van der Waals surface area contributed by atoms with E-state index < -0.39 is 6.10 Å². The number of aliphatic hydroxyl groups is 1. The molecular formula is C12H22O. The van der Waals surface area contributed by atoms with Crippen LogP contribution in [-0.4, -0.2) is 11.2 Å². The lowest BCUT2D eigenvalue weighted by atomic mass is 9.89. The van der Waals surface area contributed by atoms with Gasteiger partial charge in [-0.15, -0.1) is 5.92 Å². The van der Waals surface area contributed by atoms with E-state index in [0.717, 1.165) is 12.8 Å². The van der Waals surface area contributed by atoms with Crippen LogP contribution in [0, 0.1) is 17.3 Å². The molecule has 0 saturated carbocycles. The first-order valence-electron chi connectivity index (χ1n) is 5.15. The summed E-state index contributed by atoms with van der Waals surface area (Å²) < 4.78 is 0. The van der Waals surface area contributed by atoms with Crippen molar-refractivity contribution in [1.29, 1.82) is 0 Å². The van der Waals surface area contributed by atoms with Crippen LogP contribution in [0.3, 0.4) is 0 Å². The summed E-state index contributed by atoms with van der Waals surface area (Å²) in [7, 11) is 0. The molecule has 0 heterocycles. The molecule has 0 rings (SSSR count). The SMILES string of the molecule is CCCCCC#CC(O)C(C)(C)C. The highest BCUT2D eigenvalue weighted by Crippen LogP contribution is 2.17. The van der Waals surface area contributed by atoms with Gasteiger partial charge in [-0.1, -0.05) is 46.5 Å². The monoisotopic (exact) mass is 182 g/mol. The van der Waals surface area contributed by atoms with Crippen LogP contribution < -0.4 is 0 Å².